The minimum atomic E-state index is -3.75. The first-order chi connectivity index (χ1) is 10.3. The lowest BCUT2D eigenvalue weighted by Gasteiger charge is -2.11. The van der Waals surface area contributed by atoms with Crippen LogP contribution in [0.3, 0.4) is 0 Å². The van der Waals surface area contributed by atoms with Gasteiger partial charge >= 0.3 is 5.97 Å². The molecular weight excluding hydrogens is 314 g/mol. The molecule has 2 rings (SSSR count). The van der Waals surface area contributed by atoms with Gasteiger partial charge in [0.2, 0.25) is 0 Å². The SMILES string of the molecule is COC(=O)c1cc(S(C)(=O)=O)c(-n2ccnc2)cc1[N+](=O)[O-]. The smallest absolute Gasteiger partial charge is 0.344 e. The Morgan fingerprint density at radius 3 is 2.55 bits per heavy atom. The van der Waals surface area contributed by atoms with E-state index in [4.69, 9.17) is 0 Å². The number of hydrogen-bond acceptors (Lipinski definition) is 7. The van der Waals surface area contributed by atoms with Crippen LogP contribution in [0.1, 0.15) is 10.4 Å². The van der Waals surface area contributed by atoms with Crippen LogP contribution in [0.25, 0.3) is 5.69 Å². The number of nitro groups is 1. The molecule has 1 heterocycles. The van der Waals surface area contributed by atoms with Crippen molar-refractivity contribution in [1.29, 1.82) is 0 Å². The monoisotopic (exact) mass is 325 g/mol. The minimum absolute atomic E-state index is 0.0272. The summed E-state index contributed by atoms with van der Waals surface area (Å²) in [5.74, 6) is -0.992. The zero-order valence-corrected chi connectivity index (χ0v) is 12.4. The molecule has 0 radical (unpaired) electrons. The number of aromatic nitrogens is 2. The Bertz CT molecular complexity index is 842. The van der Waals surface area contributed by atoms with Crippen LogP contribution in [0.15, 0.2) is 35.7 Å². The Kier molecular flexibility index (Phi) is 3.95. The van der Waals surface area contributed by atoms with E-state index < -0.39 is 32.0 Å². The lowest BCUT2D eigenvalue weighted by atomic mass is 10.1. The highest BCUT2D eigenvalue weighted by Crippen LogP contribution is 2.29. The van der Waals surface area contributed by atoms with Crippen molar-refractivity contribution < 1.29 is 22.9 Å². The molecule has 0 amide bonds. The van der Waals surface area contributed by atoms with Crippen molar-refractivity contribution in [2.24, 2.45) is 0 Å². The summed E-state index contributed by atoms with van der Waals surface area (Å²) in [6.07, 6.45) is 5.07. The second-order valence-corrected chi connectivity index (χ2v) is 6.31. The van der Waals surface area contributed by atoms with E-state index in [0.29, 0.717) is 0 Å². The third-order valence-corrected chi connectivity index (χ3v) is 3.99. The van der Waals surface area contributed by atoms with Crippen molar-refractivity contribution >= 4 is 21.5 Å². The molecule has 1 aromatic heterocycles. The van der Waals surface area contributed by atoms with Crippen LogP contribution in [0.4, 0.5) is 5.69 Å². The fourth-order valence-corrected chi connectivity index (χ4v) is 2.76. The third-order valence-electron chi connectivity index (χ3n) is 2.86. The minimum Gasteiger partial charge on any atom is -0.465 e. The molecule has 116 valence electrons. The summed E-state index contributed by atoms with van der Waals surface area (Å²) in [5.41, 5.74) is -0.959. The average molecular weight is 325 g/mol. The quantitative estimate of drug-likeness (QED) is 0.466. The molecule has 0 fully saturated rings. The second-order valence-electron chi connectivity index (χ2n) is 4.33. The van der Waals surface area contributed by atoms with Crippen LogP contribution in [-0.2, 0) is 14.6 Å². The number of carbonyl (C=O) groups is 1. The molecule has 10 heteroatoms. The Hall–Kier alpha value is -2.75. The van der Waals surface area contributed by atoms with E-state index in [2.05, 4.69) is 9.72 Å². The zero-order chi connectivity index (χ0) is 16.5. The van der Waals surface area contributed by atoms with Crippen molar-refractivity contribution in [1.82, 2.24) is 9.55 Å². The molecule has 0 aliphatic heterocycles. The Morgan fingerprint density at radius 2 is 2.09 bits per heavy atom. The molecule has 0 unspecified atom stereocenters. The molecule has 1 aromatic carbocycles. The molecule has 9 nitrogen and oxygen atoms in total. The van der Waals surface area contributed by atoms with E-state index in [-0.39, 0.29) is 10.6 Å². The van der Waals surface area contributed by atoms with Crippen molar-refractivity contribution in [2.75, 3.05) is 13.4 Å². The number of methoxy groups -OCH3 is 1. The van der Waals surface area contributed by atoms with Gasteiger partial charge in [-0.15, -0.1) is 0 Å². The highest BCUT2D eigenvalue weighted by molar-refractivity contribution is 7.90. The van der Waals surface area contributed by atoms with Gasteiger partial charge in [-0.3, -0.25) is 10.1 Å². The summed E-state index contributed by atoms with van der Waals surface area (Å²) in [4.78, 5) is 25.6. The maximum absolute atomic E-state index is 11.9. The third kappa shape index (κ3) is 2.81. The van der Waals surface area contributed by atoms with E-state index >= 15 is 0 Å². The standard InChI is InChI=1S/C12H11N3O6S/c1-21-12(16)8-5-11(22(2,19)20)10(6-9(8)15(17)18)14-4-3-13-7-14/h3-7H,1-2H3. The Morgan fingerprint density at radius 1 is 1.41 bits per heavy atom. The highest BCUT2D eigenvalue weighted by atomic mass is 32.2. The van der Waals surface area contributed by atoms with Crippen molar-refractivity contribution in [3.63, 3.8) is 0 Å². The van der Waals surface area contributed by atoms with E-state index in [1.807, 2.05) is 0 Å². The summed E-state index contributed by atoms with van der Waals surface area (Å²) in [5, 5.41) is 11.1. The highest BCUT2D eigenvalue weighted by Gasteiger charge is 2.27. The molecular formula is C12H11N3O6S. The summed E-state index contributed by atoms with van der Waals surface area (Å²) < 4.78 is 29.7. The molecule has 0 spiro atoms. The van der Waals surface area contributed by atoms with E-state index in [1.165, 1.54) is 23.3 Å². The molecule has 0 saturated heterocycles. The number of carbonyl (C=O) groups excluding carboxylic acids is 1. The van der Waals surface area contributed by atoms with Crippen LogP contribution in [-0.4, -0.2) is 42.2 Å². The van der Waals surface area contributed by atoms with Crippen LogP contribution >= 0.6 is 0 Å². The molecule has 0 aliphatic rings. The van der Waals surface area contributed by atoms with Crippen molar-refractivity contribution in [3.05, 3.63) is 46.5 Å². The number of nitro benzene ring substituents is 1. The molecule has 0 atom stereocenters. The first kappa shape index (κ1) is 15.6. The number of imidazole rings is 1. The van der Waals surface area contributed by atoms with Gasteiger partial charge in [0.15, 0.2) is 9.84 Å². The summed E-state index contributed by atoms with van der Waals surface area (Å²) in [7, 11) is -2.69. The van der Waals surface area contributed by atoms with Crippen LogP contribution in [0, 0.1) is 10.1 Å². The van der Waals surface area contributed by atoms with Gasteiger partial charge < -0.3 is 9.30 Å². The topological polar surface area (TPSA) is 121 Å². The molecule has 22 heavy (non-hydrogen) atoms. The van der Waals surface area contributed by atoms with Gasteiger partial charge in [0, 0.05) is 24.7 Å². The maximum atomic E-state index is 11.9. The fourth-order valence-electron chi connectivity index (χ4n) is 1.88. The van der Waals surface area contributed by atoms with Crippen LogP contribution < -0.4 is 0 Å². The van der Waals surface area contributed by atoms with Crippen LogP contribution in [0.2, 0.25) is 0 Å². The summed E-state index contributed by atoms with van der Waals surface area (Å²) in [6.45, 7) is 0. The Labute approximate surface area is 125 Å². The normalized spacial score (nSPS) is 11.2. The molecule has 0 saturated carbocycles. The van der Waals surface area contributed by atoms with Gasteiger partial charge in [0.25, 0.3) is 5.69 Å². The average Bonchev–Trinajstić information content (AvgIpc) is 2.98. The van der Waals surface area contributed by atoms with Gasteiger partial charge in [-0.2, -0.15) is 0 Å². The number of hydrogen-bond donors (Lipinski definition) is 0. The van der Waals surface area contributed by atoms with Gasteiger partial charge in [-0.05, 0) is 6.07 Å². The van der Waals surface area contributed by atoms with Crippen molar-refractivity contribution in [3.8, 4) is 5.69 Å². The number of esters is 1. The Balaban J connectivity index is 2.87. The van der Waals surface area contributed by atoms with E-state index in [1.54, 1.807) is 0 Å². The summed E-state index contributed by atoms with van der Waals surface area (Å²) >= 11 is 0. The van der Waals surface area contributed by atoms with Gasteiger partial charge in [0.05, 0.1) is 28.9 Å². The largest absolute Gasteiger partial charge is 0.465 e. The lowest BCUT2D eigenvalue weighted by molar-refractivity contribution is -0.385. The number of benzene rings is 1. The van der Waals surface area contributed by atoms with Gasteiger partial charge in [-0.25, -0.2) is 18.2 Å². The number of rotatable bonds is 4. The zero-order valence-electron chi connectivity index (χ0n) is 11.6. The van der Waals surface area contributed by atoms with Crippen molar-refractivity contribution in [2.45, 2.75) is 4.90 Å². The lowest BCUT2D eigenvalue weighted by Crippen LogP contribution is -2.11. The molecule has 0 N–H and O–H groups in total. The first-order valence-corrected chi connectivity index (χ1v) is 7.74. The first-order valence-electron chi connectivity index (χ1n) is 5.85. The molecule has 0 bridgehead atoms. The summed E-state index contributed by atoms with van der Waals surface area (Å²) in [6, 6.07) is 1.94. The number of sulfone groups is 1. The molecule has 2 aromatic rings. The van der Waals surface area contributed by atoms with E-state index in [9.17, 15) is 23.3 Å². The predicted molar refractivity (Wildman–Crippen MR) is 74.7 cm³/mol. The number of nitrogens with zero attached hydrogens (tertiary/aromatic N) is 3. The van der Waals surface area contributed by atoms with Crippen LogP contribution in [0.5, 0.6) is 0 Å². The van der Waals surface area contributed by atoms with Gasteiger partial charge in [0.1, 0.15) is 5.56 Å². The second kappa shape index (κ2) is 5.56. The predicted octanol–water partition coefficient (Wildman–Crippen LogP) is 0.971. The van der Waals surface area contributed by atoms with Gasteiger partial charge in [-0.1, -0.05) is 0 Å². The fraction of sp³-hybridized carbons (Fsp3) is 0.167. The maximum Gasteiger partial charge on any atom is 0.344 e. The number of ether oxygens (including phenoxy) is 1. The van der Waals surface area contributed by atoms with E-state index in [0.717, 1.165) is 25.5 Å². The molecule has 0 aliphatic carbocycles.